The molecule has 5 aromatic rings. The second-order valence-electron chi connectivity index (χ2n) is 6.21. The molecule has 0 unspecified atom stereocenters. The number of benzene rings is 3. The maximum atomic E-state index is 4.51. The standard InChI is InChI=1S/C21H16N4S/c26-21-23-22-20(25(21)15-8-2-1-3-9-15)14-24-18-12-6-4-10-16(18)17-11-5-7-13-19(17)24/h1-13H,14H2,(H,23,26). The maximum Gasteiger partial charge on any atom is 0.192 e. The fourth-order valence-electron chi connectivity index (χ4n) is 3.57. The number of para-hydroxylation sites is 3. The van der Waals surface area contributed by atoms with Crippen molar-refractivity contribution in [1.29, 1.82) is 0 Å². The Morgan fingerprint density at radius 1 is 0.692 bits per heavy atom. The summed E-state index contributed by atoms with van der Waals surface area (Å²) in [5.41, 5.74) is 3.40. The minimum atomic E-state index is 0.590. The first-order valence-electron chi connectivity index (χ1n) is 8.47. The number of thiol groups is 1. The topological polar surface area (TPSA) is 35.6 Å². The van der Waals surface area contributed by atoms with Crippen LogP contribution in [0, 0.1) is 0 Å². The molecule has 0 aliphatic rings. The molecule has 0 radical (unpaired) electrons. The van der Waals surface area contributed by atoms with Crippen LogP contribution in [0.2, 0.25) is 0 Å². The molecule has 4 nitrogen and oxygen atoms in total. The molecule has 2 aromatic heterocycles. The van der Waals surface area contributed by atoms with Crippen LogP contribution in [0.3, 0.4) is 0 Å². The number of hydrogen-bond donors (Lipinski definition) is 1. The minimum absolute atomic E-state index is 0.590. The van der Waals surface area contributed by atoms with E-state index in [0.717, 1.165) is 11.5 Å². The Bertz CT molecular complexity index is 1170. The molecule has 126 valence electrons. The summed E-state index contributed by atoms with van der Waals surface area (Å²) in [7, 11) is 0. The summed E-state index contributed by atoms with van der Waals surface area (Å²) < 4.78 is 4.29. The Hall–Kier alpha value is -3.05. The maximum absolute atomic E-state index is 4.51. The van der Waals surface area contributed by atoms with E-state index in [9.17, 15) is 0 Å². The molecule has 0 N–H and O–H groups in total. The summed E-state index contributed by atoms with van der Waals surface area (Å²) >= 11 is 4.51. The monoisotopic (exact) mass is 356 g/mol. The summed E-state index contributed by atoms with van der Waals surface area (Å²) in [5, 5.41) is 11.7. The number of aromatic nitrogens is 4. The zero-order chi connectivity index (χ0) is 17.5. The van der Waals surface area contributed by atoms with Crippen LogP contribution >= 0.6 is 12.6 Å². The predicted octanol–water partition coefficient (Wildman–Crippen LogP) is 4.71. The minimum Gasteiger partial charge on any atom is -0.333 e. The van der Waals surface area contributed by atoms with E-state index >= 15 is 0 Å². The largest absolute Gasteiger partial charge is 0.333 e. The Labute approximate surface area is 156 Å². The van der Waals surface area contributed by atoms with E-state index in [4.69, 9.17) is 0 Å². The van der Waals surface area contributed by atoms with E-state index in [2.05, 4.69) is 75.9 Å². The molecule has 5 heteroatoms. The lowest BCUT2D eigenvalue weighted by molar-refractivity contribution is 0.754. The summed E-state index contributed by atoms with van der Waals surface area (Å²) in [6.45, 7) is 0.622. The van der Waals surface area contributed by atoms with Crippen molar-refractivity contribution in [2.45, 2.75) is 11.7 Å². The molecule has 0 aliphatic heterocycles. The lowest BCUT2D eigenvalue weighted by atomic mass is 10.2. The van der Waals surface area contributed by atoms with Crippen LogP contribution in [0.1, 0.15) is 5.82 Å². The molecule has 5 rings (SSSR count). The molecule has 0 amide bonds. The van der Waals surface area contributed by atoms with Gasteiger partial charge in [0.05, 0.1) is 6.54 Å². The van der Waals surface area contributed by atoms with Gasteiger partial charge < -0.3 is 4.57 Å². The van der Waals surface area contributed by atoms with Crippen LogP contribution in [0.25, 0.3) is 27.5 Å². The highest BCUT2D eigenvalue weighted by atomic mass is 32.1. The molecule has 26 heavy (non-hydrogen) atoms. The van der Waals surface area contributed by atoms with Crippen LogP contribution in [-0.4, -0.2) is 19.3 Å². The zero-order valence-corrected chi connectivity index (χ0v) is 14.8. The van der Waals surface area contributed by atoms with E-state index in [0.29, 0.717) is 11.7 Å². The van der Waals surface area contributed by atoms with Crippen molar-refractivity contribution < 1.29 is 0 Å². The average molecular weight is 356 g/mol. The fraction of sp³-hybridized carbons (Fsp3) is 0.0476. The van der Waals surface area contributed by atoms with Crippen molar-refractivity contribution in [2.75, 3.05) is 0 Å². The summed E-state index contributed by atoms with van der Waals surface area (Å²) in [6.07, 6.45) is 0. The van der Waals surface area contributed by atoms with Gasteiger partial charge in [0.15, 0.2) is 11.0 Å². The van der Waals surface area contributed by atoms with Gasteiger partial charge in [-0.05, 0) is 24.3 Å². The fourth-order valence-corrected chi connectivity index (χ4v) is 3.84. The van der Waals surface area contributed by atoms with E-state index in [1.807, 2.05) is 34.9 Å². The predicted molar refractivity (Wildman–Crippen MR) is 107 cm³/mol. The Morgan fingerprint density at radius 3 is 1.92 bits per heavy atom. The Balaban J connectivity index is 1.72. The highest BCUT2D eigenvalue weighted by Crippen LogP contribution is 2.29. The molecule has 0 aliphatic carbocycles. The first-order chi connectivity index (χ1) is 12.8. The van der Waals surface area contributed by atoms with Gasteiger partial charge in [-0.15, -0.1) is 22.8 Å². The van der Waals surface area contributed by atoms with Gasteiger partial charge in [-0.1, -0.05) is 54.6 Å². The SMILES string of the molecule is Sc1nnc(Cn2c3ccccc3c3ccccc32)n1-c1ccccc1. The Kier molecular flexibility index (Phi) is 3.53. The van der Waals surface area contributed by atoms with E-state index in [1.165, 1.54) is 21.8 Å². The van der Waals surface area contributed by atoms with Crippen LogP contribution in [0.5, 0.6) is 0 Å². The molecule has 0 saturated carbocycles. The normalized spacial score (nSPS) is 11.4. The lowest BCUT2D eigenvalue weighted by Gasteiger charge is -2.10. The van der Waals surface area contributed by atoms with Gasteiger partial charge in [0.2, 0.25) is 0 Å². The molecule has 0 bridgehead atoms. The smallest absolute Gasteiger partial charge is 0.192 e. The lowest BCUT2D eigenvalue weighted by Crippen LogP contribution is -2.07. The number of nitrogens with zero attached hydrogens (tertiary/aromatic N) is 4. The molecular weight excluding hydrogens is 340 g/mol. The first-order valence-corrected chi connectivity index (χ1v) is 8.92. The molecule has 3 aromatic carbocycles. The van der Waals surface area contributed by atoms with Crippen LogP contribution in [0.4, 0.5) is 0 Å². The van der Waals surface area contributed by atoms with Gasteiger partial charge in [0, 0.05) is 27.5 Å². The van der Waals surface area contributed by atoms with E-state index < -0.39 is 0 Å². The second-order valence-corrected chi connectivity index (χ2v) is 6.61. The quantitative estimate of drug-likeness (QED) is 0.475. The van der Waals surface area contributed by atoms with Crippen molar-refractivity contribution in [3.8, 4) is 5.69 Å². The molecule has 0 saturated heterocycles. The van der Waals surface area contributed by atoms with Crippen molar-refractivity contribution in [3.05, 3.63) is 84.7 Å². The second kappa shape index (κ2) is 6.04. The highest BCUT2D eigenvalue weighted by Gasteiger charge is 2.15. The summed E-state index contributed by atoms with van der Waals surface area (Å²) in [5.74, 6) is 0.854. The van der Waals surface area contributed by atoms with Crippen LogP contribution < -0.4 is 0 Å². The third-order valence-corrected chi connectivity index (χ3v) is 5.00. The van der Waals surface area contributed by atoms with Crippen LogP contribution in [0.15, 0.2) is 84.0 Å². The van der Waals surface area contributed by atoms with Gasteiger partial charge in [-0.25, -0.2) is 0 Å². The first kappa shape index (κ1) is 15.2. The number of rotatable bonds is 3. The van der Waals surface area contributed by atoms with Gasteiger partial charge in [-0.3, -0.25) is 4.57 Å². The highest BCUT2D eigenvalue weighted by molar-refractivity contribution is 7.80. The van der Waals surface area contributed by atoms with E-state index in [-0.39, 0.29) is 0 Å². The molecular formula is C21H16N4S. The van der Waals surface area contributed by atoms with Crippen molar-refractivity contribution in [1.82, 2.24) is 19.3 Å². The van der Waals surface area contributed by atoms with Crippen molar-refractivity contribution >= 4 is 34.4 Å². The number of hydrogen-bond acceptors (Lipinski definition) is 3. The van der Waals surface area contributed by atoms with Crippen molar-refractivity contribution in [3.63, 3.8) is 0 Å². The summed E-state index contributed by atoms with van der Waals surface area (Å²) in [6, 6.07) is 27.0. The molecule has 0 atom stereocenters. The zero-order valence-electron chi connectivity index (χ0n) is 13.9. The van der Waals surface area contributed by atoms with Gasteiger partial charge in [0.1, 0.15) is 0 Å². The van der Waals surface area contributed by atoms with Gasteiger partial charge in [0.25, 0.3) is 0 Å². The van der Waals surface area contributed by atoms with Gasteiger partial charge in [-0.2, -0.15) is 0 Å². The summed E-state index contributed by atoms with van der Waals surface area (Å²) in [4.78, 5) is 0. The number of fused-ring (bicyclic) bond motifs is 3. The van der Waals surface area contributed by atoms with Crippen LogP contribution in [-0.2, 0) is 6.54 Å². The molecule has 0 fully saturated rings. The van der Waals surface area contributed by atoms with E-state index in [1.54, 1.807) is 0 Å². The van der Waals surface area contributed by atoms with Crippen molar-refractivity contribution in [2.24, 2.45) is 0 Å². The van der Waals surface area contributed by atoms with Gasteiger partial charge >= 0.3 is 0 Å². The Morgan fingerprint density at radius 2 is 1.27 bits per heavy atom. The molecule has 2 heterocycles. The molecule has 0 spiro atoms. The average Bonchev–Trinajstić information content (AvgIpc) is 3.22. The third-order valence-electron chi connectivity index (χ3n) is 4.71. The third kappa shape index (κ3) is 2.32.